The third-order valence-electron chi connectivity index (χ3n) is 2.91. The number of likely N-dealkylation sites (tertiary alicyclic amines) is 1. The second-order valence-corrected chi connectivity index (χ2v) is 5.48. The van der Waals surface area contributed by atoms with E-state index in [1.165, 1.54) is 7.11 Å². The first-order valence-electron chi connectivity index (χ1n) is 5.92. The first kappa shape index (κ1) is 14.0. The molecule has 1 saturated heterocycles. The SMILES string of the molecule is COC(=O)C1CCN1C(C)C(=O)NC(C)(C)C. The number of methoxy groups -OCH3 is 1. The van der Waals surface area contributed by atoms with Crippen LogP contribution in [-0.4, -0.2) is 48.1 Å². The van der Waals surface area contributed by atoms with E-state index in [0.29, 0.717) is 0 Å². The van der Waals surface area contributed by atoms with Gasteiger partial charge in [-0.25, -0.2) is 0 Å². The minimum absolute atomic E-state index is 0.0499. The molecule has 0 aromatic rings. The normalized spacial score (nSPS) is 22.5. The first-order valence-corrected chi connectivity index (χ1v) is 5.92. The number of rotatable bonds is 3. The number of hydrogen-bond acceptors (Lipinski definition) is 4. The zero-order valence-corrected chi connectivity index (χ0v) is 11.2. The van der Waals surface area contributed by atoms with Crippen molar-refractivity contribution in [3.05, 3.63) is 0 Å². The summed E-state index contributed by atoms with van der Waals surface area (Å²) < 4.78 is 4.70. The Morgan fingerprint density at radius 3 is 2.35 bits per heavy atom. The van der Waals surface area contributed by atoms with E-state index in [4.69, 9.17) is 4.74 Å². The van der Waals surface area contributed by atoms with Crippen molar-refractivity contribution in [2.75, 3.05) is 13.7 Å². The Labute approximate surface area is 102 Å². The van der Waals surface area contributed by atoms with Crippen LogP contribution in [0.2, 0.25) is 0 Å². The molecule has 0 spiro atoms. The molecule has 1 amide bonds. The molecule has 5 heteroatoms. The van der Waals surface area contributed by atoms with E-state index in [1.54, 1.807) is 0 Å². The maximum absolute atomic E-state index is 11.9. The lowest BCUT2D eigenvalue weighted by Gasteiger charge is -2.42. The Balaban J connectivity index is 2.56. The van der Waals surface area contributed by atoms with Crippen LogP contribution in [0.15, 0.2) is 0 Å². The highest BCUT2D eigenvalue weighted by atomic mass is 16.5. The average Bonchev–Trinajstić information content (AvgIpc) is 2.13. The van der Waals surface area contributed by atoms with Crippen LogP contribution >= 0.6 is 0 Å². The van der Waals surface area contributed by atoms with Gasteiger partial charge in [0.15, 0.2) is 0 Å². The van der Waals surface area contributed by atoms with Gasteiger partial charge in [-0.05, 0) is 34.1 Å². The van der Waals surface area contributed by atoms with Crippen LogP contribution in [0.1, 0.15) is 34.1 Å². The third kappa shape index (κ3) is 3.43. The molecular formula is C12H22N2O3. The lowest BCUT2D eigenvalue weighted by molar-refractivity contribution is -0.155. The molecular weight excluding hydrogens is 220 g/mol. The van der Waals surface area contributed by atoms with E-state index in [9.17, 15) is 9.59 Å². The summed E-state index contributed by atoms with van der Waals surface area (Å²) in [5, 5.41) is 2.91. The molecule has 0 saturated carbocycles. The zero-order chi connectivity index (χ0) is 13.2. The fourth-order valence-corrected chi connectivity index (χ4v) is 1.88. The van der Waals surface area contributed by atoms with Gasteiger partial charge in [0.05, 0.1) is 13.2 Å². The third-order valence-corrected chi connectivity index (χ3v) is 2.91. The summed E-state index contributed by atoms with van der Waals surface area (Å²) in [5.41, 5.74) is -0.253. The van der Waals surface area contributed by atoms with Gasteiger partial charge in [0.2, 0.25) is 5.91 Å². The molecule has 17 heavy (non-hydrogen) atoms. The molecule has 1 aliphatic rings. The van der Waals surface area contributed by atoms with Crippen molar-refractivity contribution in [1.82, 2.24) is 10.2 Å². The van der Waals surface area contributed by atoms with Crippen LogP contribution in [0.5, 0.6) is 0 Å². The first-order chi connectivity index (χ1) is 7.76. The molecule has 0 aromatic heterocycles. The molecule has 1 rings (SSSR count). The van der Waals surface area contributed by atoms with E-state index < -0.39 is 0 Å². The fourth-order valence-electron chi connectivity index (χ4n) is 1.88. The molecule has 0 radical (unpaired) electrons. The number of carbonyl (C=O) groups excluding carboxylic acids is 2. The van der Waals surface area contributed by atoms with Crippen molar-refractivity contribution < 1.29 is 14.3 Å². The lowest BCUT2D eigenvalue weighted by Crippen LogP contribution is -2.61. The van der Waals surface area contributed by atoms with Crippen LogP contribution in [0.3, 0.4) is 0 Å². The highest BCUT2D eigenvalue weighted by Crippen LogP contribution is 2.22. The standard InChI is InChI=1S/C12H22N2O3/c1-8(10(15)13-12(2,3)4)14-7-6-9(14)11(16)17-5/h8-9H,6-7H2,1-5H3,(H,13,15). The quantitative estimate of drug-likeness (QED) is 0.734. The van der Waals surface area contributed by atoms with Gasteiger partial charge < -0.3 is 10.1 Å². The Morgan fingerprint density at radius 2 is 2.00 bits per heavy atom. The van der Waals surface area contributed by atoms with Gasteiger partial charge in [-0.1, -0.05) is 0 Å². The summed E-state index contributed by atoms with van der Waals surface area (Å²) in [4.78, 5) is 25.2. The molecule has 0 aromatic carbocycles. The predicted octanol–water partition coefficient (Wildman–Crippen LogP) is 0.537. The van der Waals surface area contributed by atoms with Gasteiger partial charge in [-0.15, -0.1) is 0 Å². The average molecular weight is 242 g/mol. The maximum Gasteiger partial charge on any atom is 0.323 e. The summed E-state index contributed by atoms with van der Waals surface area (Å²) in [6.45, 7) is 8.39. The van der Waals surface area contributed by atoms with Crippen LogP contribution in [-0.2, 0) is 14.3 Å². The number of nitrogens with one attached hydrogen (secondary N) is 1. The van der Waals surface area contributed by atoms with Crippen molar-refractivity contribution >= 4 is 11.9 Å². The van der Waals surface area contributed by atoms with Gasteiger partial charge in [-0.3, -0.25) is 14.5 Å². The molecule has 2 unspecified atom stereocenters. The van der Waals surface area contributed by atoms with Crippen molar-refractivity contribution in [2.45, 2.75) is 51.7 Å². The topological polar surface area (TPSA) is 58.6 Å². The second-order valence-electron chi connectivity index (χ2n) is 5.48. The Hall–Kier alpha value is -1.10. The van der Waals surface area contributed by atoms with E-state index >= 15 is 0 Å². The molecule has 1 heterocycles. The number of ether oxygens (including phenoxy) is 1. The number of hydrogen-bond donors (Lipinski definition) is 1. The van der Waals surface area contributed by atoms with Crippen molar-refractivity contribution in [2.24, 2.45) is 0 Å². The van der Waals surface area contributed by atoms with Crippen molar-refractivity contribution in [3.63, 3.8) is 0 Å². The van der Waals surface area contributed by atoms with E-state index in [-0.39, 0.29) is 29.5 Å². The smallest absolute Gasteiger partial charge is 0.323 e. The molecule has 2 atom stereocenters. The van der Waals surface area contributed by atoms with Gasteiger partial charge in [0.25, 0.3) is 0 Å². The number of amides is 1. The summed E-state index contributed by atoms with van der Waals surface area (Å²) in [6, 6.07) is -0.562. The Morgan fingerprint density at radius 1 is 1.41 bits per heavy atom. The Kier molecular flexibility index (Phi) is 4.14. The Bertz CT molecular complexity index is 309. The van der Waals surface area contributed by atoms with Gasteiger partial charge >= 0.3 is 5.97 Å². The van der Waals surface area contributed by atoms with Crippen molar-refractivity contribution in [1.29, 1.82) is 0 Å². The maximum atomic E-state index is 11.9. The number of carbonyl (C=O) groups is 2. The summed E-state index contributed by atoms with van der Waals surface area (Å²) in [6.07, 6.45) is 0.764. The monoisotopic (exact) mass is 242 g/mol. The number of nitrogens with zero attached hydrogens (tertiary/aromatic N) is 1. The minimum Gasteiger partial charge on any atom is -0.468 e. The molecule has 5 nitrogen and oxygen atoms in total. The van der Waals surface area contributed by atoms with Crippen LogP contribution in [0.4, 0.5) is 0 Å². The lowest BCUT2D eigenvalue weighted by atomic mass is 9.99. The van der Waals surface area contributed by atoms with Crippen molar-refractivity contribution in [3.8, 4) is 0 Å². The predicted molar refractivity (Wildman–Crippen MR) is 64.5 cm³/mol. The second kappa shape index (κ2) is 5.04. The summed E-state index contributed by atoms with van der Waals surface area (Å²) in [7, 11) is 1.37. The summed E-state index contributed by atoms with van der Waals surface area (Å²) >= 11 is 0. The number of esters is 1. The molecule has 1 N–H and O–H groups in total. The van der Waals surface area contributed by atoms with Crippen LogP contribution in [0.25, 0.3) is 0 Å². The van der Waals surface area contributed by atoms with E-state index in [0.717, 1.165) is 13.0 Å². The van der Waals surface area contributed by atoms with Gasteiger partial charge in [0, 0.05) is 12.1 Å². The molecule has 1 fully saturated rings. The highest BCUT2D eigenvalue weighted by Gasteiger charge is 2.40. The summed E-state index contributed by atoms with van der Waals surface area (Å²) in [5.74, 6) is -0.308. The molecule has 1 aliphatic heterocycles. The van der Waals surface area contributed by atoms with E-state index in [1.807, 2.05) is 32.6 Å². The van der Waals surface area contributed by atoms with Gasteiger partial charge in [0.1, 0.15) is 6.04 Å². The molecule has 0 bridgehead atoms. The molecule has 0 aliphatic carbocycles. The van der Waals surface area contributed by atoms with E-state index in [2.05, 4.69) is 5.32 Å². The highest BCUT2D eigenvalue weighted by molar-refractivity contribution is 5.84. The minimum atomic E-state index is -0.299. The van der Waals surface area contributed by atoms with Crippen LogP contribution < -0.4 is 5.32 Å². The fraction of sp³-hybridized carbons (Fsp3) is 0.833. The van der Waals surface area contributed by atoms with Gasteiger partial charge in [-0.2, -0.15) is 0 Å². The largest absolute Gasteiger partial charge is 0.468 e. The zero-order valence-electron chi connectivity index (χ0n) is 11.2. The van der Waals surface area contributed by atoms with Crippen LogP contribution in [0, 0.1) is 0 Å². The molecule has 98 valence electrons.